The molecular weight excluding hydrogens is 292 g/mol. The monoisotopic (exact) mass is 312 g/mol. The second-order valence-corrected chi connectivity index (χ2v) is 5.42. The van der Waals surface area contributed by atoms with Crippen molar-refractivity contribution in [3.05, 3.63) is 23.2 Å². The van der Waals surface area contributed by atoms with Crippen LogP contribution in [-0.2, 0) is 9.53 Å². The minimum Gasteiger partial charge on any atom is -0.495 e. The average Bonchev–Trinajstić information content (AvgIpc) is 2.97. The number of rotatable bonds is 7. The van der Waals surface area contributed by atoms with Gasteiger partial charge < -0.3 is 20.1 Å². The molecular formula is C15H21ClN2O3. The van der Waals surface area contributed by atoms with Crippen LogP contribution in [0.15, 0.2) is 18.2 Å². The van der Waals surface area contributed by atoms with E-state index in [2.05, 4.69) is 10.6 Å². The largest absolute Gasteiger partial charge is 0.495 e. The van der Waals surface area contributed by atoms with Gasteiger partial charge in [0.15, 0.2) is 0 Å². The minimum absolute atomic E-state index is 0.0737. The number of hydrogen-bond acceptors (Lipinski definition) is 4. The lowest BCUT2D eigenvalue weighted by atomic mass is 10.2. The summed E-state index contributed by atoms with van der Waals surface area (Å²) in [7, 11) is 1.56. The Morgan fingerprint density at radius 3 is 3.10 bits per heavy atom. The first-order valence-electron chi connectivity index (χ1n) is 7.15. The average molecular weight is 313 g/mol. The van der Waals surface area contributed by atoms with Gasteiger partial charge in [0.25, 0.3) is 0 Å². The molecule has 2 N–H and O–H groups in total. The number of halogens is 1. The van der Waals surface area contributed by atoms with E-state index < -0.39 is 0 Å². The highest BCUT2D eigenvalue weighted by Gasteiger charge is 2.14. The van der Waals surface area contributed by atoms with E-state index in [0.717, 1.165) is 26.0 Å². The number of amides is 1. The van der Waals surface area contributed by atoms with Gasteiger partial charge in [0.2, 0.25) is 5.91 Å². The number of benzene rings is 1. The summed E-state index contributed by atoms with van der Waals surface area (Å²) in [5.41, 5.74) is 0.592. The summed E-state index contributed by atoms with van der Waals surface area (Å²) >= 11 is 5.92. The molecule has 1 aromatic carbocycles. The van der Waals surface area contributed by atoms with Gasteiger partial charge >= 0.3 is 0 Å². The Morgan fingerprint density at radius 2 is 2.38 bits per heavy atom. The lowest BCUT2D eigenvalue weighted by molar-refractivity contribution is -0.116. The molecule has 1 atom stereocenters. The van der Waals surface area contributed by atoms with Crippen LogP contribution >= 0.6 is 11.6 Å². The topological polar surface area (TPSA) is 59.6 Å². The van der Waals surface area contributed by atoms with Crippen LogP contribution in [0.5, 0.6) is 5.75 Å². The maximum absolute atomic E-state index is 11.9. The zero-order chi connectivity index (χ0) is 15.1. The Kier molecular flexibility index (Phi) is 6.29. The molecule has 6 heteroatoms. The van der Waals surface area contributed by atoms with E-state index in [9.17, 15) is 4.79 Å². The van der Waals surface area contributed by atoms with Crippen LogP contribution < -0.4 is 15.4 Å². The highest BCUT2D eigenvalue weighted by Crippen LogP contribution is 2.27. The lowest BCUT2D eigenvalue weighted by Gasteiger charge is -2.12. The normalized spacial score (nSPS) is 17.7. The summed E-state index contributed by atoms with van der Waals surface area (Å²) < 4.78 is 10.7. The smallest absolute Gasteiger partial charge is 0.225 e. The van der Waals surface area contributed by atoms with Crippen molar-refractivity contribution >= 4 is 23.2 Å². The molecule has 0 saturated carbocycles. The van der Waals surface area contributed by atoms with Gasteiger partial charge in [-0.25, -0.2) is 0 Å². The highest BCUT2D eigenvalue weighted by molar-refractivity contribution is 6.31. The fraction of sp³-hybridized carbons (Fsp3) is 0.533. The van der Waals surface area contributed by atoms with Crippen molar-refractivity contribution < 1.29 is 14.3 Å². The van der Waals surface area contributed by atoms with Crippen LogP contribution in [-0.4, -0.2) is 38.8 Å². The first-order chi connectivity index (χ1) is 10.2. The molecule has 1 heterocycles. The summed E-state index contributed by atoms with van der Waals surface area (Å²) in [5.74, 6) is 0.524. The molecule has 1 fully saturated rings. The Labute approximate surface area is 130 Å². The number of carbonyl (C=O) groups excluding carboxylic acids is 1. The van der Waals surface area contributed by atoms with Crippen molar-refractivity contribution in [3.8, 4) is 5.75 Å². The fourth-order valence-electron chi connectivity index (χ4n) is 2.26. The molecule has 0 spiro atoms. The fourth-order valence-corrected chi connectivity index (χ4v) is 2.43. The van der Waals surface area contributed by atoms with Crippen LogP contribution in [0.4, 0.5) is 5.69 Å². The maximum atomic E-state index is 11.9. The molecule has 1 saturated heterocycles. The third-order valence-corrected chi connectivity index (χ3v) is 3.60. The molecule has 2 rings (SSSR count). The number of methoxy groups -OCH3 is 1. The van der Waals surface area contributed by atoms with E-state index >= 15 is 0 Å². The SMILES string of the molecule is COc1ccc(Cl)cc1NC(=O)CCNCC1CCCO1. The van der Waals surface area contributed by atoms with Crippen molar-refractivity contribution in [1.29, 1.82) is 0 Å². The number of anilines is 1. The standard InChI is InChI=1S/C15H21ClN2O3/c1-20-14-5-4-11(16)9-13(14)18-15(19)6-7-17-10-12-3-2-8-21-12/h4-5,9,12,17H,2-3,6-8,10H2,1H3,(H,18,19). The molecule has 1 amide bonds. The van der Waals surface area contributed by atoms with Crippen LogP contribution in [0.2, 0.25) is 5.02 Å². The maximum Gasteiger partial charge on any atom is 0.225 e. The van der Waals surface area contributed by atoms with Gasteiger partial charge in [-0.2, -0.15) is 0 Å². The third kappa shape index (κ3) is 5.19. The van der Waals surface area contributed by atoms with Gasteiger partial charge in [-0.1, -0.05) is 11.6 Å². The Morgan fingerprint density at radius 1 is 1.52 bits per heavy atom. The van der Waals surface area contributed by atoms with E-state index in [0.29, 0.717) is 35.5 Å². The van der Waals surface area contributed by atoms with Crippen molar-refractivity contribution in [2.45, 2.75) is 25.4 Å². The van der Waals surface area contributed by atoms with Crippen molar-refractivity contribution in [2.75, 3.05) is 32.1 Å². The van der Waals surface area contributed by atoms with Crippen molar-refractivity contribution in [2.24, 2.45) is 0 Å². The summed E-state index contributed by atoms with van der Waals surface area (Å²) in [6.45, 7) is 2.27. The molecule has 5 nitrogen and oxygen atoms in total. The second-order valence-electron chi connectivity index (χ2n) is 4.98. The van der Waals surface area contributed by atoms with E-state index in [1.807, 2.05) is 0 Å². The van der Waals surface area contributed by atoms with Crippen molar-refractivity contribution in [3.63, 3.8) is 0 Å². The van der Waals surface area contributed by atoms with Crippen LogP contribution in [0.3, 0.4) is 0 Å². The molecule has 1 aromatic rings. The number of carbonyl (C=O) groups is 1. The zero-order valence-electron chi connectivity index (χ0n) is 12.2. The first kappa shape index (κ1) is 16.1. The first-order valence-corrected chi connectivity index (χ1v) is 7.52. The Bertz CT molecular complexity index is 476. The molecule has 21 heavy (non-hydrogen) atoms. The summed E-state index contributed by atoms with van der Waals surface area (Å²) in [4.78, 5) is 11.9. The molecule has 1 aliphatic rings. The molecule has 0 radical (unpaired) electrons. The summed E-state index contributed by atoms with van der Waals surface area (Å²) in [5, 5.41) is 6.61. The van der Waals surface area contributed by atoms with Gasteiger partial charge in [0.1, 0.15) is 5.75 Å². The third-order valence-electron chi connectivity index (χ3n) is 3.36. The zero-order valence-corrected chi connectivity index (χ0v) is 12.9. The predicted octanol–water partition coefficient (Wildman–Crippen LogP) is 2.45. The Hall–Kier alpha value is -1.30. The molecule has 1 unspecified atom stereocenters. The summed E-state index contributed by atoms with van der Waals surface area (Å²) in [6, 6.07) is 5.13. The molecule has 0 aliphatic carbocycles. The molecule has 0 aromatic heterocycles. The van der Waals surface area contributed by atoms with E-state index in [-0.39, 0.29) is 5.91 Å². The van der Waals surface area contributed by atoms with E-state index in [1.165, 1.54) is 0 Å². The van der Waals surface area contributed by atoms with Gasteiger partial charge in [-0.3, -0.25) is 4.79 Å². The van der Waals surface area contributed by atoms with Crippen LogP contribution in [0.1, 0.15) is 19.3 Å². The van der Waals surface area contributed by atoms with Crippen molar-refractivity contribution in [1.82, 2.24) is 5.32 Å². The quantitative estimate of drug-likeness (QED) is 0.759. The van der Waals surface area contributed by atoms with Crippen LogP contribution in [0, 0.1) is 0 Å². The van der Waals surface area contributed by atoms with E-state index in [1.54, 1.807) is 25.3 Å². The molecule has 1 aliphatic heterocycles. The van der Waals surface area contributed by atoms with Gasteiger partial charge in [-0.15, -0.1) is 0 Å². The van der Waals surface area contributed by atoms with Gasteiger partial charge in [0, 0.05) is 31.1 Å². The molecule has 116 valence electrons. The summed E-state index contributed by atoms with van der Waals surface area (Å²) in [6.07, 6.45) is 2.91. The number of ether oxygens (including phenoxy) is 2. The van der Waals surface area contributed by atoms with Gasteiger partial charge in [0.05, 0.1) is 18.9 Å². The number of hydrogen-bond donors (Lipinski definition) is 2. The minimum atomic E-state index is -0.0737. The van der Waals surface area contributed by atoms with Gasteiger partial charge in [-0.05, 0) is 31.0 Å². The second kappa shape index (κ2) is 8.22. The van der Waals surface area contributed by atoms with E-state index in [4.69, 9.17) is 21.1 Å². The lowest BCUT2D eigenvalue weighted by Crippen LogP contribution is -2.29. The highest BCUT2D eigenvalue weighted by atomic mass is 35.5. The molecule has 0 bridgehead atoms. The number of nitrogens with one attached hydrogen (secondary N) is 2. The predicted molar refractivity (Wildman–Crippen MR) is 83.1 cm³/mol. The van der Waals surface area contributed by atoms with Crippen LogP contribution in [0.25, 0.3) is 0 Å². The Balaban J connectivity index is 1.72.